The molecule has 0 saturated carbocycles. The van der Waals surface area contributed by atoms with Crippen molar-refractivity contribution in [1.29, 1.82) is 0 Å². The Kier molecular flexibility index (Phi) is 4.37. The van der Waals surface area contributed by atoms with Crippen molar-refractivity contribution in [3.63, 3.8) is 0 Å². The number of rotatable bonds is 4. The molecule has 0 spiro atoms. The summed E-state index contributed by atoms with van der Waals surface area (Å²) in [7, 11) is 1.84. The number of piperazine rings is 1. The maximum Gasteiger partial charge on any atom is 0.241 e. The Morgan fingerprint density at radius 2 is 2.21 bits per heavy atom. The van der Waals surface area contributed by atoms with E-state index in [-0.39, 0.29) is 5.91 Å². The summed E-state index contributed by atoms with van der Waals surface area (Å²) in [6, 6.07) is 4.39. The van der Waals surface area contributed by atoms with Crippen LogP contribution in [-0.2, 0) is 4.79 Å². The Balaban J connectivity index is 2.04. The second kappa shape index (κ2) is 6.02. The summed E-state index contributed by atoms with van der Waals surface area (Å²) >= 11 is 0. The molecule has 19 heavy (non-hydrogen) atoms. The largest absolute Gasteiger partial charge is 0.346 e. The number of likely N-dealkylation sites (N-methyl/N-ethyl adjacent to an activating group) is 1. The summed E-state index contributed by atoms with van der Waals surface area (Å²) in [5.41, 5.74) is 1.17. The first-order chi connectivity index (χ1) is 9.11. The number of pyridine rings is 1. The number of carbonyl (C=O) groups excluding carboxylic acids is 1. The van der Waals surface area contributed by atoms with Crippen molar-refractivity contribution >= 4 is 11.7 Å². The van der Waals surface area contributed by atoms with Gasteiger partial charge in [0.1, 0.15) is 5.82 Å². The van der Waals surface area contributed by atoms with Crippen molar-refractivity contribution in [2.45, 2.75) is 19.9 Å². The van der Waals surface area contributed by atoms with Gasteiger partial charge in [-0.15, -0.1) is 0 Å². The molecule has 1 atom stereocenters. The molecule has 2 rings (SSSR count). The molecule has 104 valence electrons. The number of aromatic nitrogens is 1. The van der Waals surface area contributed by atoms with Gasteiger partial charge in [-0.2, -0.15) is 0 Å². The third-order valence-electron chi connectivity index (χ3n) is 3.56. The molecule has 0 aliphatic carbocycles. The fourth-order valence-electron chi connectivity index (χ4n) is 2.22. The minimum atomic E-state index is 0.151. The Hall–Kier alpha value is -1.62. The Morgan fingerprint density at radius 1 is 1.42 bits per heavy atom. The summed E-state index contributed by atoms with van der Waals surface area (Å²) in [5, 5.41) is 3.36. The van der Waals surface area contributed by atoms with Gasteiger partial charge in [-0.05, 0) is 25.1 Å². The number of anilines is 1. The molecule has 1 N–H and O–H groups in total. The van der Waals surface area contributed by atoms with E-state index in [1.165, 1.54) is 5.56 Å². The molecular formula is C14H22N4O. The zero-order valence-electron chi connectivity index (χ0n) is 11.9. The predicted molar refractivity (Wildman–Crippen MR) is 76.2 cm³/mol. The Morgan fingerprint density at radius 3 is 2.79 bits per heavy atom. The van der Waals surface area contributed by atoms with Crippen LogP contribution < -0.4 is 10.2 Å². The molecule has 1 aromatic rings. The van der Waals surface area contributed by atoms with Crippen molar-refractivity contribution in [2.75, 3.05) is 38.1 Å². The van der Waals surface area contributed by atoms with Gasteiger partial charge in [-0.25, -0.2) is 4.98 Å². The highest BCUT2D eigenvalue weighted by molar-refractivity contribution is 5.82. The molecule has 1 aromatic heterocycles. The molecule has 1 amide bonds. The molecule has 1 fully saturated rings. The molecule has 0 radical (unpaired) electrons. The lowest BCUT2D eigenvalue weighted by Gasteiger charge is -2.32. The van der Waals surface area contributed by atoms with Crippen LogP contribution in [-0.4, -0.2) is 49.0 Å². The highest BCUT2D eigenvalue weighted by Gasteiger charge is 2.21. The topological polar surface area (TPSA) is 48.5 Å². The second-order valence-electron chi connectivity index (χ2n) is 4.97. The maximum absolute atomic E-state index is 11.7. The lowest BCUT2D eigenvalue weighted by Crippen LogP contribution is -2.48. The SMILES string of the molecule is CCNC(C)c1ccc(N2CCN(C)C(=O)C2)nc1. The van der Waals surface area contributed by atoms with Crippen LogP contribution >= 0.6 is 0 Å². The van der Waals surface area contributed by atoms with E-state index in [1.54, 1.807) is 4.90 Å². The van der Waals surface area contributed by atoms with E-state index in [0.717, 1.165) is 25.5 Å². The van der Waals surface area contributed by atoms with E-state index in [2.05, 4.69) is 30.2 Å². The molecule has 1 aliphatic rings. The van der Waals surface area contributed by atoms with Crippen molar-refractivity contribution in [1.82, 2.24) is 15.2 Å². The van der Waals surface area contributed by atoms with Crippen LogP contribution in [0.2, 0.25) is 0 Å². The van der Waals surface area contributed by atoms with Crippen LogP contribution in [0.1, 0.15) is 25.5 Å². The third kappa shape index (κ3) is 3.23. The number of hydrogen-bond acceptors (Lipinski definition) is 4. The quantitative estimate of drug-likeness (QED) is 0.880. The average Bonchev–Trinajstić information content (AvgIpc) is 2.42. The number of nitrogens with zero attached hydrogens (tertiary/aromatic N) is 3. The average molecular weight is 262 g/mol. The van der Waals surface area contributed by atoms with E-state index in [1.807, 2.05) is 24.2 Å². The molecule has 5 nitrogen and oxygen atoms in total. The van der Waals surface area contributed by atoms with Crippen LogP contribution in [0.3, 0.4) is 0 Å². The first-order valence-corrected chi connectivity index (χ1v) is 6.80. The first-order valence-electron chi connectivity index (χ1n) is 6.80. The molecule has 5 heteroatoms. The van der Waals surface area contributed by atoms with Gasteiger partial charge in [0.25, 0.3) is 0 Å². The van der Waals surface area contributed by atoms with E-state index in [9.17, 15) is 4.79 Å². The zero-order valence-corrected chi connectivity index (χ0v) is 11.9. The molecule has 1 aliphatic heterocycles. The molecule has 0 bridgehead atoms. The normalized spacial score (nSPS) is 17.7. The molecule has 1 unspecified atom stereocenters. The first kappa shape index (κ1) is 13.8. The fraction of sp³-hybridized carbons (Fsp3) is 0.571. The second-order valence-corrected chi connectivity index (χ2v) is 4.97. The highest BCUT2D eigenvalue weighted by Crippen LogP contribution is 2.17. The van der Waals surface area contributed by atoms with Gasteiger partial charge in [0.2, 0.25) is 5.91 Å². The number of hydrogen-bond donors (Lipinski definition) is 1. The van der Waals surface area contributed by atoms with Gasteiger partial charge in [0.15, 0.2) is 0 Å². The van der Waals surface area contributed by atoms with Gasteiger partial charge in [-0.1, -0.05) is 13.0 Å². The standard InChI is InChI=1S/C14H22N4O/c1-4-15-11(2)12-5-6-13(16-9-12)18-8-7-17(3)14(19)10-18/h5-6,9,11,15H,4,7-8,10H2,1-3H3. The van der Waals surface area contributed by atoms with Gasteiger partial charge in [0, 0.05) is 32.4 Å². The van der Waals surface area contributed by atoms with E-state index < -0.39 is 0 Å². The smallest absolute Gasteiger partial charge is 0.241 e. The lowest BCUT2D eigenvalue weighted by atomic mass is 10.1. The van der Waals surface area contributed by atoms with Crippen molar-refractivity contribution in [2.24, 2.45) is 0 Å². The van der Waals surface area contributed by atoms with Gasteiger partial charge in [0.05, 0.1) is 6.54 Å². The molecule has 0 aromatic carbocycles. The number of carbonyl (C=O) groups is 1. The summed E-state index contributed by atoms with van der Waals surface area (Å²) < 4.78 is 0. The monoisotopic (exact) mass is 262 g/mol. The number of nitrogens with one attached hydrogen (secondary N) is 1. The minimum Gasteiger partial charge on any atom is -0.346 e. The van der Waals surface area contributed by atoms with Crippen LogP contribution in [0.4, 0.5) is 5.82 Å². The third-order valence-corrected chi connectivity index (χ3v) is 3.56. The van der Waals surface area contributed by atoms with Gasteiger partial charge < -0.3 is 15.1 Å². The molecular weight excluding hydrogens is 240 g/mol. The zero-order chi connectivity index (χ0) is 13.8. The minimum absolute atomic E-state index is 0.151. The van der Waals surface area contributed by atoms with Gasteiger partial charge in [-0.3, -0.25) is 4.79 Å². The van der Waals surface area contributed by atoms with Crippen LogP contribution in [0.5, 0.6) is 0 Å². The highest BCUT2D eigenvalue weighted by atomic mass is 16.2. The Bertz CT molecular complexity index is 432. The maximum atomic E-state index is 11.7. The predicted octanol–water partition coefficient (Wildman–Crippen LogP) is 1.03. The molecule has 2 heterocycles. The lowest BCUT2D eigenvalue weighted by molar-refractivity contribution is -0.129. The van der Waals surface area contributed by atoms with Crippen LogP contribution in [0.25, 0.3) is 0 Å². The van der Waals surface area contributed by atoms with E-state index >= 15 is 0 Å². The molecule has 1 saturated heterocycles. The summed E-state index contributed by atoms with van der Waals surface area (Å²) in [5.74, 6) is 1.03. The summed E-state index contributed by atoms with van der Waals surface area (Å²) in [4.78, 5) is 20.0. The summed E-state index contributed by atoms with van der Waals surface area (Å²) in [6.07, 6.45) is 1.89. The van der Waals surface area contributed by atoms with E-state index in [4.69, 9.17) is 0 Å². The van der Waals surface area contributed by atoms with Crippen molar-refractivity contribution < 1.29 is 4.79 Å². The number of amides is 1. The summed E-state index contributed by atoms with van der Waals surface area (Å²) in [6.45, 7) is 7.18. The van der Waals surface area contributed by atoms with Crippen LogP contribution in [0, 0.1) is 0 Å². The van der Waals surface area contributed by atoms with Crippen molar-refractivity contribution in [3.05, 3.63) is 23.9 Å². The van der Waals surface area contributed by atoms with Gasteiger partial charge >= 0.3 is 0 Å². The fourth-order valence-corrected chi connectivity index (χ4v) is 2.22. The van der Waals surface area contributed by atoms with E-state index in [0.29, 0.717) is 12.6 Å². The Labute approximate surface area is 114 Å². The van der Waals surface area contributed by atoms with Crippen LogP contribution in [0.15, 0.2) is 18.3 Å². The van der Waals surface area contributed by atoms with Crippen molar-refractivity contribution in [3.8, 4) is 0 Å².